The van der Waals surface area contributed by atoms with Crippen molar-refractivity contribution in [3.05, 3.63) is 53.6 Å². The highest BCUT2D eigenvalue weighted by atomic mass is 32.1. The Morgan fingerprint density at radius 3 is 3.11 bits per heavy atom. The fourth-order valence-electron chi connectivity index (χ4n) is 1.60. The van der Waals surface area contributed by atoms with E-state index in [-0.39, 0.29) is 5.91 Å². The zero-order valence-electron chi connectivity index (χ0n) is 9.13. The molecule has 90 valence electrons. The van der Waals surface area contributed by atoms with E-state index >= 15 is 0 Å². The van der Waals surface area contributed by atoms with Gasteiger partial charge in [0.15, 0.2) is 4.96 Å². The van der Waals surface area contributed by atoms with Crippen LogP contribution in [-0.4, -0.2) is 15.3 Å². The van der Waals surface area contributed by atoms with Gasteiger partial charge in [-0.25, -0.2) is 9.37 Å². The van der Waals surface area contributed by atoms with Gasteiger partial charge in [-0.2, -0.15) is 0 Å². The van der Waals surface area contributed by atoms with Gasteiger partial charge in [-0.1, -0.05) is 6.07 Å². The Morgan fingerprint density at radius 1 is 1.44 bits per heavy atom. The van der Waals surface area contributed by atoms with Gasteiger partial charge in [0.05, 0.1) is 0 Å². The first-order valence-electron chi connectivity index (χ1n) is 5.21. The summed E-state index contributed by atoms with van der Waals surface area (Å²) in [6, 6.07) is 5.74. The molecule has 0 aliphatic carbocycles. The molecule has 1 N–H and O–H groups in total. The molecule has 0 fully saturated rings. The molecular formula is C12H8FN3OS. The lowest BCUT2D eigenvalue weighted by Gasteiger charge is -2.02. The van der Waals surface area contributed by atoms with Crippen LogP contribution in [0.15, 0.2) is 42.0 Å². The summed E-state index contributed by atoms with van der Waals surface area (Å²) >= 11 is 1.45. The van der Waals surface area contributed by atoms with E-state index in [2.05, 4.69) is 10.3 Å². The predicted octanol–water partition coefficient (Wildman–Crippen LogP) is 2.79. The molecule has 0 bridgehead atoms. The molecule has 0 radical (unpaired) electrons. The van der Waals surface area contributed by atoms with Crippen molar-refractivity contribution in [2.75, 3.05) is 5.32 Å². The van der Waals surface area contributed by atoms with E-state index in [1.807, 2.05) is 11.6 Å². The average molecular weight is 261 g/mol. The van der Waals surface area contributed by atoms with Crippen molar-refractivity contribution in [2.45, 2.75) is 0 Å². The van der Waals surface area contributed by atoms with Gasteiger partial charge in [0.2, 0.25) is 0 Å². The summed E-state index contributed by atoms with van der Waals surface area (Å²) < 4.78 is 14.7. The predicted molar refractivity (Wildman–Crippen MR) is 67.4 cm³/mol. The maximum absolute atomic E-state index is 13.0. The van der Waals surface area contributed by atoms with E-state index in [0.717, 1.165) is 4.96 Å². The number of aromatic nitrogens is 2. The molecule has 2 aromatic heterocycles. The summed E-state index contributed by atoms with van der Waals surface area (Å²) in [5.74, 6) is -0.741. The molecule has 0 spiro atoms. The molecule has 0 saturated heterocycles. The smallest absolute Gasteiger partial charge is 0.275 e. The van der Waals surface area contributed by atoms with E-state index in [9.17, 15) is 9.18 Å². The largest absolute Gasteiger partial charge is 0.321 e. The molecule has 3 rings (SSSR count). The summed E-state index contributed by atoms with van der Waals surface area (Å²) in [6.45, 7) is 0. The minimum absolute atomic E-state index is 0.311. The average Bonchev–Trinajstić information content (AvgIpc) is 2.88. The molecule has 2 heterocycles. The highest BCUT2D eigenvalue weighted by Gasteiger charge is 2.11. The molecule has 0 aliphatic rings. The van der Waals surface area contributed by atoms with Crippen LogP contribution in [0.1, 0.15) is 10.5 Å². The topological polar surface area (TPSA) is 46.4 Å². The molecular weight excluding hydrogens is 253 g/mol. The van der Waals surface area contributed by atoms with Gasteiger partial charge in [-0.05, 0) is 18.2 Å². The summed E-state index contributed by atoms with van der Waals surface area (Å²) in [7, 11) is 0. The number of hydrogen-bond donors (Lipinski definition) is 1. The van der Waals surface area contributed by atoms with Crippen LogP contribution in [0.4, 0.5) is 10.1 Å². The number of anilines is 1. The highest BCUT2D eigenvalue weighted by molar-refractivity contribution is 7.15. The van der Waals surface area contributed by atoms with E-state index in [1.54, 1.807) is 16.7 Å². The van der Waals surface area contributed by atoms with Crippen molar-refractivity contribution in [1.29, 1.82) is 0 Å². The zero-order chi connectivity index (χ0) is 12.5. The minimum Gasteiger partial charge on any atom is -0.321 e. The molecule has 0 atom stereocenters. The molecule has 0 saturated carbocycles. The molecule has 18 heavy (non-hydrogen) atoms. The Morgan fingerprint density at radius 2 is 2.33 bits per heavy atom. The maximum atomic E-state index is 13.0. The number of thiazole rings is 1. The fourth-order valence-corrected chi connectivity index (χ4v) is 2.30. The molecule has 1 amide bonds. The first-order valence-corrected chi connectivity index (χ1v) is 6.09. The fraction of sp³-hybridized carbons (Fsp3) is 0. The third-order valence-electron chi connectivity index (χ3n) is 2.41. The maximum Gasteiger partial charge on any atom is 0.275 e. The Balaban J connectivity index is 1.85. The first kappa shape index (κ1) is 10.9. The Labute approximate surface area is 106 Å². The number of halogens is 1. The number of hydrogen-bond acceptors (Lipinski definition) is 3. The summed E-state index contributed by atoms with van der Waals surface area (Å²) in [6.07, 6.45) is 3.46. The number of benzene rings is 1. The second-order valence-electron chi connectivity index (χ2n) is 3.68. The summed E-state index contributed by atoms with van der Waals surface area (Å²) in [5.41, 5.74) is 0.725. The molecule has 1 aromatic carbocycles. The number of imidazole rings is 1. The lowest BCUT2D eigenvalue weighted by Crippen LogP contribution is -2.12. The van der Waals surface area contributed by atoms with Gasteiger partial charge < -0.3 is 5.32 Å². The minimum atomic E-state index is -0.390. The molecule has 4 nitrogen and oxygen atoms in total. The molecule has 0 aliphatic heterocycles. The quantitative estimate of drug-likeness (QED) is 0.771. The lowest BCUT2D eigenvalue weighted by molar-refractivity contribution is 0.102. The van der Waals surface area contributed by atoms with Crippen LogP contribution in [0.5, 0.6) is 0 Å². The molecule has 0 unspecified atom stereocenters. The Bertz CT molecular complexity index is 690. The third-order valence-corrected chi connectivity index (χ3v) is 3.18. The second kappa shape index (κ2) is 4.23. The summed E-state index contributed by atoms with van der Waals surface area (Å²) in [4.78, 5) is 16.8. The van der Waals surface area contributed by atoms with Crippen molar-refractivity contribution in [3.63, 3.8) is 0 Å². The van der Waals surface area contributed by atoms with Gasteiger partial charge in [0.25, 0.3) is 5.91 Å². The second-order valence-corrected chi connectivity index (χ2v) is 4.56. The van der Waals surface area contributed by atoms with Crippen LogP contribution in [0.25, 0.3) is 4.96 Å². The van der Waals surface area contributed by atoms with Crippen molar-refractivity contribution in [3.8, 4) is 0 Å². The zero-order valence-corrected chi connectivity index (χ0v) is 9.95. The van der Waals surface area contributed by atoms with E-state index in [4.69, 9.17) is 0 Å². The SMILES string of the molecule is O=C(Nc1cccc(F)c1)c1cn2ccsc2n1. The van der Waals surface area contributed by atoms with E-state index in [1.165, 1.54) is 29.5 Å². The standard InChI is InChI=1S/C12H8FN3OS/c13-8-2-1-3-9(6-8)14-11(17)10-7-16-4-5-18-12(16)15-10/h1-7H,(H,14,17). The first-order chi connectivity index (χ1) is 8.72. The Hall–Kier alpha value is -2.21. The van der Waals surface area contributed by atoms with Crippen molar-refractivity contribution in [1.82, 2.24) is 9.38 Å². The number of fused-ring (bicyclic) bond motifs is 1. The van der Waals surface area contributed by atoms with Crippen molar-refractivity contribution in [2.24, 2.45) is 0 Å². The number of amides is 1. The van der Waals surface area contributed by atoms with Crippen LogP contribution in [0.2, 0.25) is 0 Å². The van der Waals surface area contributed by atoms with Crippen molar-refractivity contribution >= 4 is 27.9 Å². The van der Waals surface area contributed by atoms with Gasteiger partial charge >= 0.3 is 0 Å². The molecule has 3 aromatic rings. The number of carbonyl (C=O) groups excluding carboxylic acids is 1. The van der Waals surface area contributed by atoms with Crippen LogP contribution in [0, 0.1) is 5.82 Å². The normalized spacial score (nSPS) is 10.7. The highest BCUT2D eigenvalue weighted by Crippen LogP contribution is 2.14. The van der Waals surface area contributed by atoms with Crippen LogP contribution >= 0.6 is 11.3 Å². The van der Waals surface area contributed by atoms with Crippen LogP contribution in [0.3, 0.4) is 0 Å². The van der Waals surface area contributed by atoms with Crippen LogP contribution in [-0.2, 0) is 0 Å². The number of rotatable bonds is 2. The van der Waals surface area contributed by atoms with E-state index < -0.39 is 5.82 Å². The number of nitrogens with zero attached hydrogens (tertiary/aromatic N) is 2. The number of carbonyl (C=O) groups is 1. The van der Waals surface area contributed by atoms with Gasteiger partial charge in [-0.3, -0.25) is 9.20 Å². The lowest BCUT2D eigenvalue weighted by atomic mass is 10.3. The monoisotopic (exact) mass is 261 g/mol. The van der Waals surface area contributed by atoms with Crippen molar-refractivity contribution < 1.29 is 9.18 Å². The third kappa shape index (κ3) is 1.98. The molecule has 6 heteroatoms. The van der Waals surface area contributed by atoms with Gasteiger partial charge in [0.1, 0.15) is 11.5 Å². The van der Waals surface area contributed by atoms with E-state index in [0.29, 0.717) is 11.4 Å². The summed E-state index contributed by atoms with van der Waals surface area (Å²) in [5, 5.41) is 4.49. The van der Waals surface area contributed by atoms with Gasteiger partial charge in [-0.15, -0.1) is 11.3 Å². The Kier molecular flexibility index (Phi) is 2.56. The van der Waals surface area contributed by atoms with Crippen LogP contribution < -0.4 is 5.32 Å². The van der Waals surface area contributed by atoms with Gasteiger partial charge in [0, 0.05) is 23.5 Å². The number of nitrogens with one attached hydrogen (secondary N) is 1.